The van der Waals surface area contributed by atoms with Gasteiger partial charge in [-0.15, -0.1) is 0 Å². The van der Waals surface area contributed by atoms with Gasteiger partial charge < -0.3 is 14.7 Å². The van der Waals surface area contributed by atoms with Gasteiger partial charge in [-0.25, -0.2) is 4.39 Å². The lowest BCUT2D eigenvalue weighted by molar-refractivity contribution is 0.0723. The molecule has 5 rings (SSSR count). The number of nitrogens with zero attached hydrogens (tertiary/aromatic N) is 3. The Kier molecular flexibility index (Phi) is 6.81. The van der Waals surface area contributed by atoms with Crippen molar-refractivity contribution in [2.24, 2.45) is 11.8 Å². The van der Waals surface area contributed by atoms with Gasteiger partial charge in [-0.1, -0.05) is 20.3 Å². The third kappa shape index (κ3) is 4.67. The number of amides is 2. The first-order chi connectivity index (χ1) is 17.0. The van der Waals surface area contributed by atoms with Crippen molar-refractivity contribution >= 4 is 23.2 Å². The molecule has 5 nitrogen and oxygen atoms in total. The van der Waals surface area contributed by atoms with E-state index in [1.165, 1.54) is 12.5 Å². The van der Waals surface area contributed by atoms with E-state index in [1.54, 1.807) is 17.0 Å². The van der Waals surface area contributed by atoms with Crippen molar-refractivity contribution in [2.45, 2.75) is 52.4 Å². The maximum Gasteiger partial charge on any atom is 0.258 e. The van der Waals surface area contributed by atoms with Crippen molar-refractivity contribution < 1.29 is 14.0 Å². The molecule has 0 bridgehead atoms. The number of hydrogen-bond acceptors (Lipinski definition) is 3. The Bertz CT molecular complexity index is 1110. The molecule has 0 radical (unpaired) electrons. The van der Waals surface area contributed by atoms with E-state index in [0.29, 0.717) is 47.3 Å². The molecule has 186 valence electrons. The second-order valence-electron chi connectivity index (χ2n) is 10.4. The van der Waals surface area contributed by atoms with Crippen LogP contribution in [-0.4, -0.2) is 49.4 Å². The van der Waals surface area contributed by atoms with Crippen LogP contribution in [0.2, 0.25) is 0 Å². The summed E-state index contributed by atoms with van der Waals surface area (Å²) in [6, 6.07) is 10.6. The van der Waals surface area contributed by atoms with E-state index < -0.39 is 0 Å². The Morgan fingerprint density at radius 1 is 1.06 bits per heavy atom. The molecule has 0 aromatic heterocycles. The van der Waals surface area contributed by atoms with Gasteiger partial charge >= 0.3 is 0 Å². The number of piperidine rings is 1. The first kappa shape index (κ1) is 23.8. The van der Waals surface area contributed by atoms with Crippen LogP contribution in [0.4, 0.5) is 15.8 Å². The minimum absolute atomic E-state index is 0.0533. The van der Waals surface area contributed by atoms with Crippen molar-refractivity contribution in [3.8, 4) is 0 Å². The van der Waals surface area contributed by atoms with Gasteiger partial charge in [-0.3, -0.25) is 9.59 Å². The van der Waals surface area contributed by atoms with Crippen molar-refractivity contribution in [3.63, 3.8) is 0 Å². The molecular formula is C29H36FN3O2. The Balaban J connectivity index is 1.31. The predicted octanol–water partition coefficient (Wildman–Crippen LogP) is 5.53. The molecule has 3 aliphatic heterocycles. The van der Waals surface area contributed by atoms with Crippen LogP contribution >= 0.6 is 0 Å². The normalized spacial score (nSPS) is 21.3. The Morgan fingerprint density at radius 2 is 1.86 bits per heavy atom. The topological polar surface area (TPSA) is 43.9 Å². The van der Waals surface area contributed by atoms with E-state index in [-0.39, 0.29) is 17.6 Å². The molecule has 2 aromatic rings. The lowest BCUT2D eigenvalue weighted by atomic mass is 9.91. The Morgan fingerprint density at radius 3 is 2.60 bits per heavy atom. The highest BCUT2D eigenvalue weighted by atomic mass is 19.1. The molecule has 0 unspecified atom stereocenters. The van der Waals surface area contributed by atoms with E-state index >= 15 is 4.39 Å². The van der Waals surface area contributed by atoms with Crippen LogP contribution in [0.15, 0.2) is 36.4 Å². The minimum Gasteiger partial charge on any atom is -0.369 e. The van der Waals surface area contributed by atoms with Crippen LogP contribution < -0.4 is 9.80 Å². The van der Waals surface area contributed by atoms with Crippen LogP contribution in [0.1, 0.15) is 72.2 Å². The molecule has 35 heavy (non-hydrogen) atoms. The summed E-state index contributed by atoms with van der Waals surface area (Å²) in [5.74, 6) is 0.897. The zero-order valence-corrected chi connectivity index (χ0v) is 20.9. The van der Waals surface area contributed by atoms with Crippen LogP contribution in [0.25, 0.3) is 0 Å². The third-order valence-electron chi connectivity index (χ3n) is 8.33. The molecule has 6 heteroatoms. The van der Waals surface area contributed by atoms with Crippen LogP contribution in [-0.2, 0) is 6.42 Å². The van der Waals surface area contributed by atoms with E-state index in [0.717, 1.165) is 57.4 Å². The highest BCUT2D eigenvalue weighted by molar-refractivity contribution is 6.09. The fourth-order valence-electron chi connectivity index (χ4n) is 5.87. The van der Waals surface area contributed by atoms with E-state index in [2.05, 4.69) is 18.7 Å². The summed E-state index contributed by atoms with van der Waals surface area (Å²) in [5.41, 5.74) is 3.38. The van der Waals surface area contributed by atoms with Crippen LogP contribution in [0, 0.1) is 17.7 Å². The SMILES string of the molecule is CC[C@@H](C)[C@@H]1CCN(c2ccc(N3CCc4cc(C(=O)N5CCCCC5)ccc4C3=O)cc2F)C1. The van der Waals surface area contributed by atoms with E-state index in [9.17, 15) is 9.59 Å². The van der Waals surface area contributed by atoms with Crippen molar-refractivity contribution in [1.82, 2.24) is 4.90 Å². The lowest BCUT2D eigenvalue weighted by Crippen LogP contribution is -2.38. The van der Waals surface area contributed by atoms with Gasteiger partial charge in [0.15, 0.2) is 0 Å². The second-order valence-corrected chi connectivity index (χ2v) is 10.4. The number of halogens is 1. The summed E-state index contributed by atoms with van der Waals surface area (Å²) < 4.78 is 15.2. The van der Waals surface area contributed by atoms with Crippen LogP contribution in [0.5, 0.6) is 0 Å². The molecule has 0 N–H and O–H groups in total. The fraction of sp³-hybridized carbons (Fsp3) is 0.517. The van der Waals surface area contributed by atoms with Gasteiger partial charge in [-0.05, 0) is 85.9 Å². The molecule has 2 atom stereocenters. The molecular weight excluding hydrogens is 441 g/mol. The largest absolute Gasteiger partial charge is 0.369 e. The summed E-state index contributed by atoms with van der Waals surface area (Å²) in [5, 5.41) is 0. The average Bonchev–Trinajstić information content (AvgIpc) is 3.38. The molecule has 3 heterocycles. The first-order valence-electron chi connectivity index (χ1n) is 13.2. The monoisotopic (exact) mass is 477 g/mol. The summed E-state index contributed by atoms with van der Waals surface area (Å²) in [4.78, 5) is 31.9. The van der Waals surface area contributed by atoms with E-state index in [1.807, 2.05) is 23.1 Å². The lowest BCUT2D eigenvalue weighted by Gasteiger charge is -2.30. The number of hydrogen-bond donors (Lipinski definition) is 0. The number of likely N-dealkylation sites (tertiary alicyclic amines) is 1. The maximum absolute atomic E-state index is 15.2. The quantitative estimate of drug-likeness (QED) is 0.569. The van der Waals surface area contributed by atoms with Gasteiger partial charge in [0.1, 0.15) is 5.82 Å². The molecule has 0 spiro atoms. The molecule has 0 aliphatic carbocycles. The fourth-order valence-corrected chi connectivity index (χ4v) is 5.87. The van der Waals surface area contributed by atoms with Crippen molar-refractivity contribution in [3.05, 3.63) is 58.9 Å². The van der Waals surface area contributed by atoms with Gasteiger partial charge in [0.05, 0.1) is 5.69 Å². The molecule has 2 fully saturated rings. The maximum atomic E-state index is 15.2. The Labute approximate surface area is 207 Å². The van der Waals surface area contributed by atoms with Gasteiger partial charge in [0.2, 0.25) is 0 Å². The second kappa shape index (κ2) is 10.00. The molecule has 2 amide bonds. The number of carbonyl (C=O) groups excluding carboxylic acids is 2. The number of carbonyl (C=O) groups is 2. The number of benzene rings is 2. The summed E-state index contributed by atoms with van der Waals surface area (Å²) in [6.45, 7) is 8.34. The van der Waals surface area contributed by atoms with Crippen molar-refractivity contribution in [2.75, 3.05) is 42.5 Å². The Hall–Kier alpha value is -2.89. The number of fused-ring (bicyclic) bond motifs is 1. The molecule has 2 aromatic carbocycles. The van der Waals surface area contributed by atoms with Gasteiger partial charge in [0.25, 0.3) is 11.8 Å². The molecule has 2 saturated heterocycles. The molecule has 3 aliphatic rings. The minimum atomic E-state index is -0.270. The van der Waals surface area contributed by atoms with Gasteiger partial charge in [-0.2, -0.15) is 0 Å². The zero-order valence-electron chi connectivity index (χ0n) is 20.9. The highest BCUT2D eigenvalue weighted by Crippen LogP contribution is 2.34. The smallest absolute Gasteiger partial charge is 0.258 e. The third-order valence-corrected chi connectivity index (χ3v) is 8.33. The summed E-state index contributed by atoms with van der Waals surface area (Å²) in [6.07, 6.45) is 6.17. The van der Waals surface area contributed by atoms with E-state index in [4.69, 9.17) is 0 Å². The zero-order chi connectivity index (χ0) is 24.5. The number of anilines is 2. The van der Waals surface area contributed by atoms with Crippen LogP contribution in [0.3, 0.4) is 0 Å². The highest BCUT2D eigenvalue weighted by Gasteiger charge is 2.30. The standard InChI is InChI=1S/C29H36FN3O2/c1-3-20(2)23-11-15-32(19-23)27-10-8-24(18-26(27)30)33-16-12-21-17-22(7-9-25(21)29(33)35)28(34)31-13-5-4-6-14-31/h7-10,17-18,20,23H,3-6,11-16,19H2,1-2H3/t20-,23-/m1/s1. The predicted molar refractivity (Wildman–Crippen MR) is 138 cm³/mol. The number of rotatable bonds is 5. The first-order valence-corrected chi connectivity index (χ1v) is 13.2. The summed E-state index contributed by atoms with van der Waals surface area (Å²) >= 11 is 0. The summed E-state index contributed by atoms with van der Waals surface area (Å²) in [7, 11) is 0. The van der Waals surface area contributed by atoms with Gasteiger partial charge in [0, 0.05) is 49.5 Å². The van der Waals surface area contributed by atoms with Crippen molar-refractivity contribution in [1.29, 1.82) is 0 Å². The average molecular weight is 478 g/mol. The molecule has 0 saturated carbocycles.